The molecule has 0 saturated heterocycles. The Bertz CT molecular complexity index is 231. The smallest absolute Gasteiger partial charge is 0.365 e. The lowest BCUT2D eigenvalue weighted by molar-refractivity contribution is -0.147. The van der Waals surface area contributed by atoms with Gasteiger partial charge in [-0.1, -0.05) is 5.16 Å². The average Bonchev–Trinajstić information content (AvgIpc) is 2.37. The van der Waals surface area contributed by atoms with Gasteiger partial charge in [0, 0.05) is 12.5 Å². The molecule has 1 heterocycles. The van der Waals surface area contributed by atoms with E-state index < -0.39 is 12.2 Å². The van der Waals surface area contributed by atoms with Crippen molar-refractivity contribution in [3.8, 4) is 0 Å². The quantitative estimate of drug-likeness (QED) is 0.741. The number of halogens is 3. The van der Waals surface area contributed by atoms with Crippen LogP contribution in [-0.2, 0) is 6.42 Å². The molecule has 1 unspecified atom stereocenters. The highest BCUT2D eigenvalue weighted by Crippen LogP contribution is 2.20. The maximum atomic E-state index is 11.9. The second-order valence-corrected chi connectivity index (χ2v) is 2.34. The Morgan fingerprint density at radius 2 is 2.25 bits per heavy atom. The summed E-state index contributed by atoms with van der Waals surface area (Å²) >= 11 is 0. The number of hydrogen-bond donors (Lipinski definition) is 1. The van der Waals surface area contributed by atoms with Crippen LogP contribution in [0.1, 0.15) is 5.69 Å². The Hall–Kier alpha value is -1.04. The van der Waals surface area contributed by atoms with Crippen LogP contribution in [0.3, 0.4) is 0 Å². The summed E-state index contributed by atoms with van der Waals surface area (Å²) in [4.78, 5) is 0. The summed E-state index contributed by atoms with van der Waals surface area (Å²) in [6.45, 7) is 0. The van der Waals surface area contributed by atoms with Crippen molar-refractivity contribution in [2.75, 3.05) is 0 Å². The maximum Gasteiger partial charge on any atom is 0.404 e. The van der Waals surface area contributed by atoms with E-state index >= 15 is 0 Å². The first-order valence-corrected chi connectivity index (χ1v) is 3.21. The molecule has 0 amide bonds. The summed E-state index contributed by atoms with van der Waals surface area (Å²) in [5, 5.41) is 3.31. The Morgan fingerprint density at radius 1 is 1.58 bits per heavy atom. The van der Waals surface area contributed by atoms with Gasteiger partial charge in [0.15, 0.2) is 0 Å². The van der Waals surface area contributed by atoms with Crippen molar-refractivity contribution < 1.29 is 17.7 Å². The van der Waals surface area contributed by atoms with Gasteiger partial charge in [-0.2, -0.15) is 13.2 Å². The molecule has 0 saturated carbocycles. The lowest BCUT2D eigenvalue weighted by Gasteiger charge is -2.13. The van der Waals surface area contributed by atoms with E-state index in [4.69, 9.17) is 5.73 Å². The van der Waals surface area contributed by atoms with Gasteiger partial charge in [-0.3, -0.25) is 0 Å². The molecule has 12 heavy (non-hydrogen) atoms. The Morgan fingerprint density at radius 3 is 2.67 bits per heavy atom. The maximum absolute atomic E-state index is 11.9. The molecule has 0 aliphatic rings. The van der Waals surface area contributed by atoms with Crippen LogP contribution in [-0.4, -0.2) is 17.4 Å². The SMILES string of the molecule is NC(Cc1ccon1)C(F)(F)F. The zero-order valence-corrected chi connectivity index (χ0v) is 6.01. The Labute approximate surface area is 66.3 Å². The summed E-state index contributed by atoms with van der Waals surface area (Å²) in [6, 6.07) is -0.520. The van der Waals surface area contributed by atoms with Gasteiger partial charge in [0.2, 0.25) is 0 Å². The fraction of sp³-hybridized carbons (Fsp3) is 0.500. The monoisotopic (exact) mass is 180 g/mol. The van der Waals surface area contributed by atoms with Crippen molar-refractivity contribution in [2.24, 2.45) is 5.73 Å². The largest absolute Gasteiger partial charge is 0.404 e. The lowest BCUT2D eigenvalue weighted by atomic mass is 10.2. The molecule has 0 aliphatic carbocycles. The Kier molecular flexibility index (Phi) is 2.37. The molecule has 68 valence electrons. The van der Waals surface area contributed by atoms with E-state index in [9.17, 15) is 13.2 Å². The summed E-state index contributed by atoms with van der Waals surface area (Å²) in [5.74, 6) is 0. The van der Waals surface area contributed by atoms with Gasteiger partial charge in [0.1, 0.15) is 12.3 Å². The molecule has 2 N–H and O–H groups in total. The third-order valence-electron chi connectivity index (χ3n) is 1.34. The molecule has 0 aromatic carbocycles. The number of aromatic nitrogens is 1. The summed E-state index contributed by atoms with van der Waals surface area (Å²) < 4.78 is 39.9. The molecule has 0 aliphatic heterocycles. The van der Waals surface area contributed by atoms with Crippen molar-refractivity contribution in [1.82, 2.24) is 5.16 Å². The molecule has 0 bridgehead atoms. The average molecular weight is 180 g/mol. The number of rotatable bonds is 2. The molecule has 1 atom stereocenters. The molecule has 3 nitrogen and oxygen atoms in total. The van der Waals surface area contributed by atoms with Gasteiger partial charge in [-0.25, -0.2) is 0 Å². The zero-order valence-electron chi connectivity index (χ0n) is 6.01. The van der Waals surface area contributed by atoms with Crippen LogP contribution >= 0.6 is 0 Å². The molecular weight excluding hydrogens is 173 g/mol. The zero-order chi connectivity index (χ0) is 9.19. The summed E-state index contributed by atoms with van der Waals surface area (Å²) in [5.41, 5.74) is 5.04. The minimum absolute atomic E-state index is 0.208. The standard InChI is InChI=1S/C6H7F3N2O/c7-6(8,9)5(10)3-4-1-2-12-11-4/h1-2,5H,3,10H2. The molecule has 1 rings (SSSR count). The van der Waals surface area contributed by atoms with Gasteiger partial charge in [0.05, 0.1) is 5.69 Å². The van der Waals surface area contributed by atoms with Crippen molar-refractivity contribution >= 4 is 0 Å². The fourth-order valence-electron chi connectivity index (χ4n) is 0.684. The molecule has 0 fully saturated rings. The van der Waals surface area contributed by atoms with E-state index in [1.165, 1.54) is 12.3 Å². The minimum Gasteiger partial charge on any atom is -0.365 e. The third-order valence-corrected chi connectivity index (χ3v) is 1.34. The Balaban J connectivity index is 2.53. The molecule has 0 spiro atoms. The highest BCUT2D eigenvalue weighted by atomic mass is 19.4. The summed E-state index contributed by atoms with van der Waals surface area (Å²) in [6.07, 6.45) is -3.52. The van der Waals surface area contributed by atoms with Gasteiger partial charge in [-0.05, 0) is 0 Å². The van der Waals surface area contributed by atoms with Gasteiger partial charge >= 0.3 is 6.18 Å². The van der Waals surface area contributed by atoms with E-state index in [2.05, 4.69) is 9.68 Å². The second kappa shape index (κ2) is 3.14. The van der Waals surface area contributed by atoms with Crippen molar-refractivity contribution in [2.45, 2.75) is 18.6 Å². The third kappa shape index (κ3) is 2.23. The van der Waals surface area contributed by atoms with Crippen LogP contribution in [0.2, 0.25) is 0 Å². The van der Waals surface area contributed by atoms with Crippen LogP contribution in [0.4, 0.5) is 13.2 Å². The first-order chi connectivity index (χ1) is 5.50. The minimum atomic E-state index is -4.38. The number of alkyl halides is 3. The van der Waals surface area contributed by atoms with Crippen molar-refractivity contribution in [1.29, 1.82) is 0 Å². The highest BCUT2D eigenvalue weighted by Gasteiger charge is 2.36. The van der Waals surface area contributed by atoms with Crippen LogP contribution in [0.15, 0.2) is 16.9 Å². The predicted octanol–water partition coefficient (Wildman–Crippen LogP) is 1.11. The van der Waals surface area contributed by atoms with E-state index in [1.54, 1.807) is 0 Å². The van der Waals surface area contributed by atoms with Crippen molar-refractivity contribution in [3.63, 3.8) is 0 Å². The van der Waals surface area contributed by atoms with Crippen LogP contribution < -0.4 is 5.73 Å². The number of hydrogen-bond acceptors (Lipinski definition) is 3. The van der Waals surface area contributed by atoms with Crippen LogP contribution in [0.25, 0.3) is 0 Å². The van der Waals surface area contributed by atoms with Gasteiger partial charge in [0.25, 0.3) is 0 Å². The number of nitrogens with zero attached hydrogens (tertiary/aromatic N) is 1. The van der Waals surface area contributed by atoms with Crippen LogP contribution in [0.5, 0.6) is 0 Å². The van der Waals surface area contributed by atoms with E-state index in [0.29, 0.717) is 0 Å². The molecule has 0 radical (unpaired) electrons. The lowest BCUT2D eigenvalue weighted by Crippen LogP contribution is -2.39. The number of nitrogens with two attached hydrogens (primary N) is 1. The first-order valence-electron chi connectivity index (χ1n) is 3.21. The molecule has 1 aromatic heterocycles. The predicted molar refractivity (Wildman–Crippen MR) is 34.2 cm³/mol. The first kappa shape index (κ1) is 9.05. The second-order valence-electron chi connectivity index (χ2n) is 2.34. The fourth-order valence-corrected chi connectivity index (χ4v) is 0.684. The van der Waals surface area contributed by atoms with Gasteiger partial charge in [-0.15, -0.1) is 0 Å². The van der Waals surface area contributed by atoms with E-state index in [0.717, 1.165) is 0 Å². The van der Waals surface area contributed by atoms with Crippen LogP contribution in [0, 0.1) is 0 Å². The molecule has 1 aromatic rings. The topological polar surface area (TPSA) is 52.0 Å². The van der Waals surface area contributed by atoms with E-state index in [-0.39, 0.29) is 12.1 Å². The normalized spacial score (nSPS) is 14.7. The van der Waals surface area contributed by atoms with Crippen molar-refractivity contribution in [3.05, 3.63) is 18.0 Å². The summed E-state index contributed by atoms with van der Waals surface area (Å²) in [7, 11) is 0. The van der Waals surface area contributed by atoms with E-state index in [1.807, 2.05) is 0 Å². The molecule has 6 heteroatoms. The highest BCUT2D eigenvalue weighted by molar-refractivity contribution is 4.99. The molecular formula is C6H7F3N2O. The van der Waals surface area contributed by atoms with Gasteiger partial charge < -0.3 is 10.3 Å².